The van der Waals surface area contributed by atoms with Gasteiger partial charge in [-0.3, -0.25) is 4.98 Å². The van der Waals surface area contributed by atoms with Gasteiger partial charge in [-0.25, -0.2) is 0 Å². The van der Waals surface area contributed by atoms with Crippen LogP contribution in [-0.4, -0.2) is 47.9 Å². The molecule has 0 bridgehead atoms. The number of azo groups is 1. The van der Waals surface area contributed by atoms with Crippen LogP contribution in [0.5, 0.6) is 6.01 Å². The predicted molar refractivity (Wildman–Crippen MR) is 118 cm³/mol. The molecule has 160 valence electrons. The van der Waals surface area contributed by atoms with E-state index in [1.54, 1.807) is 18.3 Å². The summed E-state index contributed by atoms with van der Waals surface area (Å²) in [4.78, 5) is 15.6. The lowest BCUT2D eigenvalue weighted by Crippen LogP contribution is -2.37. The van der Waals surface area contributed by atoms with Crippen molar-refractivity contribution < 1.29 is 9.47 Å². The molecule has 0 aliphatic carbocycles. The van der Waals surface area contributed by atoms with Crippen LogP contribution in [0.15, 0.2) is 65.0 Å². The number of hydrogen-bond acceptors (Lipinski definition) is 8. The van der Waals surface area contributed by atoms with Crippen LogP contribution in [0.4, 0.5) is 11.5 Å². The van der Waals surface area contributed by atoms with Gasteiger partial charge in [0.1, 0.15) is 12.4 Å². The summed E-state index contributed by atoms with van der Waals surface area (Å²) in [6.45, 7) is 3.63. The Balaban J connectivity index is 1.46. The third kappa shape index (κ3) is 6.44. The van der Waals surface area contributed by atoms with Crippen LogP contribution in [0.2, 0.25) is 5.02 Å². The summed E-state index contributed by atoms with van der Waals surface area (Å²) in [5.74, 6) is 0.805. The average Bonchev–Trinajstić information content (AvgIpc) is 2.80. The van der Waals surface area contributed by atoms with E-state index in [-0.39, 0.29) is 0 Å². The molecule has 3 heterocycles. The number of morpholine rings is 1. The molecule has 1 aliphatic heterocycles. The number of pyridine rings is 1. The van der Waals surface area contributed by atoms with Gasteiger partial charge in [-0.05, 0) is 30.3 Å². The van der Waals surface area contributed by atoms with E-state index in [4.69, 9.17) is 21.1 Å². The van der Waals surface area contributed by atoms with Gasteiger partial charge in [0.15, 0.2) is 0 Å². The number of hydrogen-bond donors (Lipinski definition) is 0. The topological polar surface area (TPSA) is 85.1 Å². The number of aromatic nitrogens is 3. The highest BCUT2D eigenvalue weighted by Crippen LogP contribution is 2.21. The van der Waals surface area contributed by atoms with Crippen LogP contribution in [0.25, 0.3) is 0 Å². The highest BCUT2D eigenvalue weighted by atomic mass is 35.5. The second-order valence-corrected chi connectivity index (χ2v) is 7.33. The quantitative estimate of drug-likeness (QED) is 0.488. The number of nitrogens with zero attached hydrogens (tertiary/aromatic N) is 6. The van der Waals surface area contributed by atoms with Gasteiger partial charge in [0.05, 0.1) is 31.2 Å². The maximum atomic E-state index is 6.00. The zero-order valence-electron chi connectivity index (χ0n) is 17.0. The van der Waals surface area contributed by atoms with Crippen molar-refractivity contribution in [3.63, 3.8) is 0 Å². The second kappa shape index (κ2) is 10.8. The van der Waals surface area contributed by atoms with E-state index in [0.29, 0.717) is 49.5 Å². The first-order valence-electron chi connectivity index (χ1n) is 10.1. The predicted octanol–water partition coefficient (Wildman–Crippen LogP) is 4.27. The lowest BCUT2D eigenvalue weighted by molar-refractivity contribution is 0.122. The van der Waals surface area contributed by atoms with Crippen LogP contribution in [0.3, 0.4) is 0 Å². The largest absolute Gasteiger partial charge is 0.463 e. The molecular formula is C22H23ClN6O2. The van der Waals surface area contributed by atoms with Crippen LogP contribution in [0, 0.1) is 0 Å². The van der Waals surface area contributed by atoms with Gasteiger partial charge in [0, 0.05) is 42.5 Å². The molecule has 9 heteroatoms. The van der Waals surface area contributed by atoms with Gasteiger partial charge in [0.2, 0.25) is 0 Å². The summed E-state index contributed by atoms with van der Waals surface area (Å²) in [7, 11) is 0. The summed E-state index contributed by atoms with van der Waals surface area (Å²) in [6.07, 6.45) is 2.45. The van der Waals surface area contributed by atoms with Crippen molar-refractivity contribution in [2.75, 3.05) is 37.8 Å². The van der Waals surface area contributed by atoms with E-state index in [1.165, 1.54) is 0 Å². The van der Waals surface area contributed by atoms with Crippen LogP contribution >= 0.6 is 11.6 Å². The summed E-state index contributed by atoms with van der Waals surface area (Å²) in [6, 6.07) is 15.3. The number of halogens is 1. The Morgan fingerprint density at radius 1 is 1.03 bits per heavy atom. The molecule has 0 N–H and O–H groups in total. The zero-order valence-corrected chi connectivity index (χ0v) is 17.8. The third-order valence-electron chi connectivity index (χ3n) is 4.62. The fourth-order valence-corrected chi connectivity index (χ4v) is 3.26. The highest BCUT2D eigenvalue weighted by Gasteiger charge is 2.15. The molecule has 1 fully saturated rings. The van der Waals surface area contributed by atoms with Crippen molar-refractivity contribution >= 4 is 23.1 Å². The van der Waals surface area contributed by atoms with E-state index >= 15 is 0 Å². The van der Waals surface area contributed by atoms with E-state index in [9.17, 15) is 0 Å². The minimum atomic E-state index is 0.309. The van der Waals surface area contributed by atoms with Crippen LogP contribution in [-0.2, 0) is 17.7 Å². The fraction of sp³-hybridized carbons (Fsp3) is 0.318. The van der Waals surface area contributed by atoms with E-state index < -0.39 is 0 Å². The molecule has 1 aromatic carbocycles. The lowest BCUT2D eigenvalue weighted by atomic mass is 10.3. The van der Waals surface area contributed by atoms with Gasteiger partial charge in [-0.15, -0.1) is 0 Å². The Bertz CT molecular complexity index is 1010. The molecular weight excluding hydrogens is 416 g/mol. The van der Waals surface area contributed by atoms with Crippen LogP contribution < -0.4 is 9.64 Å². The van der Waals surface area contributed by atoms with Gasteiger partial charge >= 0.3 is 6.01 Å². The smallest absolute Gasteiger partial charge is 0.318 e. The Labute approximate surface area is 185 Å². The summed E-state index contributed by atoms with van der Waals surface area (Å²) < 4.78 is 11.3. The van der Waals surface area contributed by atoms with Crippen molar-refractivity contribution in [1.82, 2.24) is 15.0 Å². The zero-order chi connectivity index (χ0) is 21.3. The molecule has 0 unspecified atom stereocenters. The second-order valence-electron chi connectivity index (χ2n) is 6.90. The Kier molecular flexibility index (Phi) is 7.36. The number of benzene rings is 1. The highest BCUT2D eigenvalue weighted by molar-refractivity contribution is 6.30. The first kappa shape index (κ1) is 21.1. The van der Waals surface area contributed by atoms with Gasteiger partial charge in [-0.1, -0.05) is 23.7 Å². The lowest BCUT2D eigenvalue weighted by Gasteiger charge is -2.28. The summed E-state index contributed by atoms with van der Waals surface area (Å²) in [5, 5.41) is 9.13. The molecule has 1 saturated heterocycles. The number of ether oxygens (including phenoxy) is 2. The maximum absolute atomic E-state index is 6.00. The molecule has 0 saturated carbocycles. The summed E-state index contributed by atoms with van der Waals surface area (Å²) >= 11 is 6.00. The first-order valence-corrected chi connectivity index (χ1v) is 10.5. The van der Waals surface area contributed by atoms with Crippen molar-refractivity contribution in [1.29, 1.82) is 0 Å². The normalized spacial score (nSPS) is 14.2. The molecule has 1 aliphatic rings. The standard InChI is InChI=1S/C22H23ClN6O2/c23-17-4-3-6-19(14-17)28-25-16-20-15-21(29-9-12-30-13-10-29)27-22(26-20)31-11-7-18-5-1-2-8-24-18/h1-6,8,14-15H,7,9-13,16H2. The van der Waals surface area contributed by atoms with Gasteiger partial charge in [0.25, 0.3) is 0 Å². The molecule has 3 aromatic rings. The Morgan fingerprint density at radius 3 is 2.74 bits per heavy atom. The Morgan fingerprint density at radius 2 is 1.94 bits per heavy atom. The number of anilines is 1. The minimum absolute atomic E-state index is 0.309. The van der Waals surface area contributed by atoms with Gasteiger partial charge in [-0.2, -0.15) is 20.2 Å². The molecule has 2 aromatic heterocycles. The van der Waals surface area contributed by atoms with Crippen molar-refractivity contribution in [2.45, 2.75) is 13.0 Å². The van der Waals surface area contributed by atoms with Crippen LogP contribution in [0.1, 0.15) is 11.4 Å². The molecule has 0 amide bonds. The molecule has 31 heavy (non-hydrogen) atoms. The van der Waals surface area contributed by atoms with E-state index in [2.05, 4.69) is 30.1 Å². The van der Waals surface area contributed by atoms with E-state index in [1.807, 2.05) is 36.4 Å². The molecule has 8 nitrogen and oxygen atoms in total. The van der Waals surface area contributed by atoms with Crippen molar-refractivity contribution in [3.05, 3.63) is 71.1 Å². The molecule has 0 spiro atoms. The van der Waals surface area contributed by atoms with Gasteiger partial charge < -0.3 is 14.4 Å². The summed E-state index contributed by atoms with van der Waals surface area (Å²) in [5.41, 5.74) is 2.39. The Hall–Kier alpha value is -3.10. The maximum Gasteiger partial charge on any atom is 0.318 e. The van der Waals surface area contributed by atoms with Crippen molar-refractivity contribution in [3.8, 4) is 6.01 Å². The SMILES string of the molecule is Clc1cccc(N=NCc2cc(N3CCOCC3)nc(OCCc3ccccn3)n2)c1. The average molecular weight is 439 g/mol. The van der Waals surface area contributed by atoms with E-state index in [0.717, 1.165) is 30.3 Å². The minimum Gasteiger partial charge on any atom is -0.463 e. The monoisotopic (exact) mass is 438 g/mol. The number of rotatable bonds is 8. The van der Waals surface area contributed by atoms with Crippen molar-refractivity contribution in [2.24, 2.45) is 10.2 Å². The third-order valence-corrected chi connectivity index (χ3v) is 4.86. The molecule has 0 atom stereocenters. The molecule has 4 rings (SSSR count). The molecule has 0 radical (unpaired) electrons. The fourth-order valence-electron chi connectivity index (χ4n) is 3.08. The first-order chi connectivity index (χ1) is 15.3.